The predicted octanol–water partition coefficient (Wildman–Crippen LogP) is 3.73. The summed E-state index contributed by atoms with van der Waals surface area (Å²) < 4.78 is 8.56. The second-order valence-electron chi connectivity index (χ2n) is 4.19. The van der Waals surface area contributed by atoms with Gasteiger partial charge in [0, 0.05) is 18.5 Å². The van der Waals surface area contributed by atoms with Crippen LogP contribution >= 0.6 is 15.9 Å². The molecule has 1 aromatic carbocycles. The van der Waals surface area contributed by atoms with E-state index < -0.39 is 0 Å². The van der Waals surface area contributed by atoms with Crippen molar-refractivity contribution in [3.8, 4) is 11.4 Å². The van der Waals surface area contributed by atoms with Crippen LogP contribution < -0.4 is 4.74 Å². The molecule has 0 aliphatic heterocycles. The van der Waals surface area contributed by atoms with E-state index >= 15 is 0 Å². The SMILES string of the molecule is Cc1cc(Br)c(OC(C)C)cc1-n1cccn1. The van der Waals surface area contributed by atoms with Crippen molar-refractivity contribution < 1.29 is 4.74 Å². The van der Waals surface area contributed by atoms with Crippen LogP contribution in [0.5, 0.6) is 5.75 Å². The topological polar surface area (TPSA) is 27.1 Å². The number of halogens is 1. The number of aromatic nitrogens is 2. The molecular formula is C13H15BrN2O. The molecule has 0 amide bonds. The van der Waals surface area contributed by atoms with Gasteiger partial charge >= 0.3 is 0 Å². The van der Waals surface area contributed by atoms with Crippen LogP contribution in [-0.2, 0) is 0 Å². The van der Waals surface area contributed by atoms with E-state index in [0.717, 1.165) is 21.5 Å². The number of benzene rings is 1. The molecule has 0 aliphatic rings. The Morgan fingerprint density at radius 2 is 2.12 bits per heavy atom. The highest BCUT2D eigenvalue weighted by molar-refractivity contribution is 9.10. The van der Waals surface area contributed by atoms with Crippen molar-refractivity contribution in [1.29, 1.82) is 0 Å². The van der Waals surface area contributed by atoms with Crippen LogP contribution in [0.15, 0.2) is 35.1 Å². The number of hydrogen-bond acceptors (Lipinski definition) is 2. The molecule has 90 valence electrons. The molecule has 0 spiro atoms. The average molecular weight is 295 g/mol. The summed E-state index contributed by atoms with van der Waals surface area (Å²) >= 11 is 3.52. The van der Waals surface area contributed by atoms with Gasteiger partial charge in [-0.05, 0) is 54.4 Å². The Morgan fingerprint density at radius 1 is 1.35 bits per heavy atom. The highest BCUT2D eigenvalue weighted by atomic mass is 79.9. The minimum absolute atomic E-state index is 0.152. The van der Waals surface area contributed by atoms with Crippen molar-refractivity contribution in [1.82, 2.24) is 9.78 Å². The van der Waals surface area contributed by atoms with Crippen LogP contribution in [0.25, 0.3) is 5.69 Å². The van der Waals surface area contributed by atoms with Gasteiger partial charge in [0.25, 0.3) is 0 Å². The zero-order valence-electron chi connectivity index (χ0n) is 10.1. The molecule has 0 atom stereocenters. The maximum atomic E-state index is 5.75. The number of nitrogens with zero attached hydrogens (tertiary/aromatic N) is 2. The Labute approximate surface area is 110 Å². The quantitative estimate of drug-likeness (QED) is 0.862. The molecule has 3 nitrogen and oxygen atoms in total. The second-order valence-corrected chi connectivity index (χ2v) is 5.04. The number of hydrogen-bond donors (Lipinski definition) is 0. The predicted molar refractivity (Wildman–Crippen MR) is 71.8 cm³/mol. The molecule has 0 saturated heterocycles. The summed E-state index contributed by atoms with van der Waals surface area (Å²) in [5.74, 6) is 0.844. The number of rotatable bonds is 3. The molecule has 0 aliphatic carbocycles. The third kappa shape index (κ3) is 2.69. The fourth-order valence-electron chi connectivity index (χ4n) is 1.64. The third-order valence-corrected chi connectivity index (χ3v) is 2.98. The van der Waals surface area contributed by atoms with E-state index in [1.807, 2.05) is 36.9 Å². The van der Waals surface area contributed by atoms with Crippen LogP contribution in [0.4, 0.5) is 0 Å². The Bertz CT molecular complexity index is 506. The summed E-state index contributed by atoms with van der Waals surface area (Å²) in [5.41, 5.74) is 2.19. The van der Waals surface area contributed by atoms with Gasteiger partial charge in [0.05, 0.1) is 16.3 Å². The van der Waals surface area contributed by atoms with E-state index in [9.17, 15) is 0 Å². The van der Waals surface area contributed by atoms with Crippen LogP contribution in [0.1, 0.15) is 19.4 Å². The lowest BCUT2D eigenvalue weighted by atomic mass is 10.2. The molecule has 1 aromatic heterocycles. The smallest absolute Gasteiger partial charge is 0.136 e. The molecule has 2 rings (SSSR count). The first-order chi connectivity index (χ1) is 8.08. The maximum absolute atomic E-state index is 5.75. The largest absolute Gasteiger partial charge is 0.490 e. The third-order valence-electron chi connectivity index (χ3n) is 2.36. The molecule has 0 saturated carbocycles. The maximum Gasteiger partial charge on any atom is 0.136 e. The average Bonchev–Trinajstić information content (AvgIpc) is 2.74. The van der Waals surface area contributed by atoms with Gasteiger partial charge in [-0.3, -0.25) is 0 Å². The molecule has 2 aromatic rings. The van der Waals surface area contributed by atoms with Gasteiger partial charge < -0.3 is 4.74 Å². The van der Waals surface area contributed by atoms with Gasteiger partial charge in [-0.25, -0.2) is 4.68 Å². The zero-order valence-corrected chi connectivity index (χ0v) is 11.7. The monoisotopic (exact) mass is 294 g/mol. The minimum Gasteiger partial charge on any atom is -0.490 e. The summed E-state index contributed by atoms with van der Waals surface area (Å²) in [6.45, 7) is 6.08. The lowest BCUT2D eigenvalue weighted by Crippen LogP contribution is -2.07. The molecule has 1 heterocycles. The second kappa shape index (κ2) is 4.92. The molecule has 0 radical (unpaired) electrons. The fourth-order valence-corrected chi connectivity index (χ4v) is 2.20. The van der Waals surface area contributed by atoms with E-state index in [0.29, 0.717) is 0 Å². The van der Waals surface area contributed by atoms with E-state index in [1.54, 1.807) is 6.20 Å². The lowest BCUT2D eigenvalue weighted by Gasteiger charge is -2.14. The Balaban J connectivity index is 2.46. The van der Waals surface area contributed by atoms with E-state index in [1.165, 1.54) is 0 Å². The first kappa shape index (κ1) is 12.2. The molecule has 0 N–H and O–H groups in total. The van der Waals surface area contributed by atoms with Crippen molar-refractivity contribution in [2.24, 2.45) is 0 Å². The fraction of sp³-hybridized carbons (Fsp3) is 0.308. The molecule has 4 heteroatoms. The molecular weight excluding hydrogens is 280 g/mol. The highest BCUT2D eigenvalue weighted by Crippen LogP contribution is 2.30. The summed E-state index contributed by atoms with van der Waals surface area (Å²) in [4.78, 5) is 0. The van der Waals surface area contributed by atoms with E-state index in [-0.39, 0.29) is 6.10 Å². The standard InChI is InChI=1S/C13H15BrN2O/c1-9(2)17-13-8-12(10(3)7-11(13)14)16-6-4-5-15-16/h4-9H,1-3H3. The number of aryl methyl sites for hydroxylation is 1. The Morgan fingerprint density at radius 3 is 2.71 bits per heavy atom. The Hall–Kier alpha value is -1.29. The first-order valence-corrected chi connectivity index (χ1v) is 6.34. The van der Waals surface area contributed by atoms with Crippen LogP contribution in [0.3, 0.4) is 0 Å². The summed E-state index contributed by atoms with van der Waals surface area (Å²) in [5, 5.41) is 4.24. The van der Waals surface area contributed by atoms with Crippen molar-refractivity contribution in [2.45, 2.75) is 26.9 Å². The van der Waals surface area contributed by atoms with Crippen molar-refractivity contribution >= 4 is 15.9 Å². The summed E-state index contributed by atoms with van der Waals surface area (Å²) in [7, 11) is 0. The minimum atomic E-state index is 0.152. The van der Waals surface area contributed by atoms with Crippen LogP contribution in [0.2, 0.25) is 0 Å². The van der Waals surface area contributed by atoms with Gasteiger partial charge in [-0.15, -0.1) is 0 Å². The van der Waals surface area contributed by atoms with Gasteiger partial charge in [0.1, 0.15) is 5.75 Å². The highest BCUT2D eigenvalue weighted by Gasteiger charge is 2.09. The van der Waals surface area contributed by atoms with Gasteiger partial charge in [-0.1, -0.05) is 0 Å². The molecule has 17 heavy (non-hydrogen) atoms. The number of ether oxygens (including phenoxy) is 1. The Kier molecular flexibility index (Phi) is 3.52. The van der Waals surface area contributed by atoms with E-state index in [4.69, 9.17) is 4.74 Å². The van der Waals surface area contributed by atoms with Gasteiger partial charge in [0.2, 0.25) is 0 Å². The molecule has 0 bridgehead atoms. The van der Waals surface area contributed by atoms with Gasteiger partial charge in [-0.2, -0.15) is 5.10 Å². The van der Waals surface area contributed by atoms with Crippen molar-refractivity contribution in [3.05, 3.63) is 40.6 Å². The summed E-state index contributed by atoms with van der Waals surface area (Å²) in [6, 6.07) is 5.96. The molecule has 0 fully saturated rings. The zero-order chi connectivity index (χ0) is 12.4. The molecule has 0 unspecified atom stereocenters. The normalized spacial score (nSPS) is 10.9. The van der Waals surface area contributed by atoms with E-state index in [2.05, 4.69) is 34.0 Å². The van der Waals surface area contributed by atoms with Crippen LogP contribution in [0, 0.1) is 6.92 Å². The van der Waals surface area contributed by atoms with Gasteiger partial charge in [0.15, 0.2) is 0 Å². The summed E-state index contributed by atoms with van der Waals surface area (Å²) in [6.07, 6.45) is 3.85. The first-order valence-electron chi connectivity index (χ1n) is 5.54. The lowest BCUT2D eigenvalue weighted by molar-refractivity contribution is 0.240. The van der Waals surface area contributed by atoms with Crippen LogP contribution in [-0.4, -0.2) is 15.9 Å². The van der Waals surface area contributed by atoms with Crippen molar-refractivity contribution in [2.75, 3.05) is 0 Å². The van der Waals surface area contributed by atoms with Crippen molar-refractivity contribution in [3.63, 3.8) is 0 Å².